The van der Waals surface area contributed by atoms with Crippen molar-refractivity contribution < 1.29 is 18.7 Å². The lowest BCUT2D eigenvalue weighted by Gasteiger charge is -2.22. The Bertz CT molecular complexity index is 1050. The van der Waals surface area contributed by atoms with Crippen molar-refractivity contribution in [3.05, 3.63) is 78.1 Å². The monoisotopic (exact) mass is 378 g/mol. The fraction of sp³-hybridized carbons (Fsp3) is 0.182. The zero-order chi connectivity index (χ0) is 19.7. The summed E-state index contributed by atoms with van der Waals surface area (Å²) in [6.07, 6.45) is 0. The molecule has 0 unspecified atom stereocenters. The van der Waals surface area contributed by atoms with Crippen LogP contribution in [0.4, 0.5) is 9.18 Å². The average molecular weight is 378 g/mol. The molecule has 0 radical (unpaired) electrons. The van der Waals surface area contributed by atoms with Gasteiger partial charge in [0.25, 0.3) is 5.91 Å². The maximum atomic E-state index is 13.0. The van der Waals surface area contributed by atoms with Crippen LogP contribution in [0.3, 0.4) is 0 Å². The van der Waals surface area contributed by atoms with Gasteiger partial charge in [0.2, 0.25) is 0 Å². The fourth-order valence-electron chi connectivity index (χ4n) is 3.38. The molecule has 0 bridgehead atoms. The molecule has 1 atom stereocenters. The maximum absolute atomic E-state index is 13.0. The van der Waals surface area contributed by atoms with Gasteiger partial charge in [-0.25, -0.2) is 9.18 Å². The van der Waals surface area contributed by atoms with Crippen LogP contribution in [-0.2, 0) is 10.3 Å². The van der Waals surface area contributed by atoms with Gasteiger partial charge in [-0.3, -0.25) is 9.69 Å². The summed E-state index contributed by atoms with van der Waals surface area (Å²) in [5.74, 6) is -0.200. The van der Waals surface area contributed by atoms with E-state index in [1.54, 1.807) is 6.92 Å². The Kier molecular flexibility index (Phi) is 4.47. The molecule has 0 aliphatic carbocycles. The summed E-state index contributed by atoms with van der Waals surface area (Å²) in [6.45, 7) is 1.93. The maximum Gasteiger partial charge on any atom is 0.325 e. The summed E-state index contributed by atoms with van der Waals surface area (Å²) < 4.78 is 18.5. The number of amides is 3. The van der Waals surface area contributed by atoms with E-state index in [1.165, 1.54) is 24.3 Å². The summed E-state index contributed by atoms with van der Waals surface area (Å²) in [5.41, 5.74) is -0.400. The molecule has 0 saturated carbocycles. The van der Waals surface area contributed by atoms with Gasteiger partial charge in [-0.2, -0.15) is 0 Å². The summed E-state index contributed by atoms with van der Waals surface area (Å²) in [6, 6.07) is 18.7. The van der Waals surface area contributed by atoms with Gasteiger partial charge in [0.05, 0.1) is 6.54 Å². The van der Waals surface area contributed by atoms with Crippen LogP contribution in [0.1, 0.15) is 12.5 Å². The first-order chi connectivity index (χ1) is 13.5. The summed E-state index contributed by atoms with van der Waals surface area (Å²) in [7, 11) is 0. The van der Waals surface area contributed by atoms with E-state index in [9.17, 15) is 14.0 Å². The molecule has 0 spiro atoms. The van der Waals surface area contributed by atoms with Crippen molar-refractivity contribution in [2.75, 3.05) is 13.2 Å². The normalized spacial score (nSPS) is 19.1. The van der Waals surface area contributed by atoms with Crippen LogP contribution in [0.2, 0.25) is 0 Å². The van der Waals surface area contributed by atoms with Crippen molar-refractivity contribution in [1.29, 1.82) is 0 Å². The Hall–Kier alpha value is -3.41. The van der Waals surface area contributed by atoms with E-state index >= 15 is 0 Å². The second-order valence-electron chi connectivity index (χ2n) is 6.88. The standard InChI is InChI=1S/C22H19FN2O3/c1-22(17-7-6-15-4-2-3-5-16(15)14-17)20(26)25(21(27)24-22)12-13-28-19-10-8-18(23)9-11-19/h2-11,14H,12-13H2,1H3,(H,24,27)/t22-/m1/s1. The predicted octanol–water partition coefficient (Wildman–Crippen LogP) is 3.82. The number of urea groups is 1. The third-order valence-electron chi connectivity index (χ3n) is 5.00. The van der Waals surface area contributed by atoms with Crippen LogP contribution in [0, 0.1) is 5.82 Å². The molecule has 3 amide bonds. The molecule has 28 heavy (non-hydrogen) atoms. The number of nitrogens with zero attached hydrogens (tertiary/aromatic N) is 1. The van der Waals surface area contributed by atoms with E-state index in [0.29, 0.717) is 5.75 Å². The van der Waals surface area contributed by atoms with Gasteiger partial charge in [0.1, 0.15) is 23.7 Å². The molecule has 1 N–H and O–H groups in total. The van der Waals surface area contributed by atoms with Crippen molar-refractivity contribution >= 4 is 22.7 Å². The van der Waals surface area contributed by atoms with Crippen LogP contribution in [0.15, 0.2) is 66.7 Å². The molecule has 1 heterocycles. The van der Waals surface area contributed by atoms with E-state index in [1.807, 2.05) is 42.5 Å². The van der Waals surface area contributed by atoms with E-state index in [-0.39, 0.29) is 24.9 Å². The minimum atomic E-state index is -1.13. The number of benzene rings is 3. The Morgan fingerprint density at radius 3 is 2.46 bits per heavy atom. The number of hydrogen-bond acceptors (Lipinski definition) is 3. The Morgan fingerprint density at radius 2 is 1.71 bits per heavy atom. The number of ether oxygens (including phenoxy) is 1. The minimum absolute atomic E-state index is 0.102. The molecule has 1 fully saturated rings. The molecule has 3 aromatic rings. The number of carbonyl (C=O) groups is 2. The molecule has 5 nitrogen and oxygen atoms in total. The van der Waals surface area contributed by atoms with Crippen LogP contribution < -0.4 is 10.1 Å². The highest BCUT2D eigenvalue weighted by Gasteiger charge is 2.48. The van der Waals surface area contributed by atoms with Gasteiger partial charge >= 0.3 is 6.03 Å². The summed E-state index contributed by atoms with van der Waals surface area (Å²) in [5, 5.41) is 4.87. The van der Waals surface area contributed by atoms with Crippen molar-refractivity contribution in [2.45, 2.75) is 12.5 Å². The molecule has 1 aliphatic heterocycles. The first kappa shape index (κ1) is 18.0. The number of rotatable bonds is 5. The van der Waals surface area contributed by atoms with Gasteiger partial charge < -0.3 is 10.1 Å². The first-order valence-corrected chi connectivity index (χ1v) is 8.99. The lowest BCUT2D eigenvalue weighted by Crippen LogP contribution is -2.41. The molecular formula is C22H19FN2O3. The molecule has 6 heteroatoms. The third kappa shape index (κ3) is 3.17. The molecule has 3 aromatic carbocycles. The van der Waals surface area contributed by atoms with E-state index in [2.05, 4.69) is 5.32 Å². The van der Waals surface area contributed by atoms with Crippen molar-refractivity contribution in [3.8, 4) is 5.75 Å². The van der Waals surface area contributed by atoms with Gasteiger partial charge in [-0.15, -0.1) is 0 Å². The number of hydrogen-bond donors (Lipinski definition) is 1. The summed E-state index contributed by atoms with van der Waals surface area (Å²) >= 11 is 0. The fourth-order valence-corrected chi connectivity index (χ4v) is 3.38. The Labute approximate surface area is 161 Å². The topological polar surface area (TPSA) is 58.6 Å². The second-order valence-corrected chi connectivity index (χ2v) is 6.88. The largest absolute Gasteiger partial charge is 0.492 e. The van der Waals surface area contributed by atoms with Gasteiger partial charge in [0, 0.05) is 0 Å². The molecule has 1 aliphatic rings. The van der Waals surface area contributed by atoms with Crippen LogP contribution in [0.25, 0.3) is 10.8 Å². The minimum Gasteiger partial charge on any atom is -0.492 e. The highest BCUT2D eigenvalue weighted by atomic mass is 19.1. The second kappa shape index (κ2) is 6.96. The quantitative estimate of drug-likeness (QED) is 0.687. The lowest BCUT2D eigenvalue weighted by atomic mass is 9.90. The summed E-state index contributed by atoms with van der Waals surface area (Å²) in [4.78, 5) is 26.6. The van der Waals surface area contributed by atoms with E-state index < -0.39 is 11.6 Å². The van der Waals surface area contributed by atoms with E-state index in [4.69, 9.17) is 4.74 Å². The highest BCUT2D eigenvalue weighted by molar-refractivity contribution is 6.07. The van der Waals surface area contributed by atoms with Gasteiger partial charge in [-0.05, 0) is 53.6 Å². The van der Waals surface area contributed by atoms with Crippen LogP contribution in [-0.4, -0.2) is 30.0 Å². The SMILES string of the molecule is C[C@]1(c2ccc3ccccc3c2)NC(=O)N(CCOc2ccc(F)cc2)C1=O. The number of halogens is 1. The first-order valence-electron chi connectivity index (χ1n) is 8.99. The molecule has 1 saturated heterocycles. The van der Waals surface area contributed by atoms with Gasteiger partial charge in [-0.1, -0.05) is 36.4 Å². The Balaban J connectivity index is 1.49. The van der Waals surface area contributed by atoms with Crippen LogP contribution >= 0.6 is 0 Å². The molecule has 0 aromatic heterocycles. The third-order valence-corrected chi connectivity index (χ3v) is 5.00. The Morgan fingerprint density at radius 1 is 1.00 bits per heavy atom. The predicted molar refractivity (Wildman–Crippen MR) is 103 cm³/mol. The average Bonchev–Trinajstić information content (AvgIpc) is 2.93. The smallest absolute Gasteiger partial charge is 0.325 e. The van der Waals surface area contributed by atoms with Crippen molar-refractivity contribution in [1.82, 2.24) is 10.2 Å². The zero-order valence-electron chi connectivity index (χ0n) is 15.3. The molecule has 142 valence electrons. The highest BCUT2D eigenvalue weighted by Crippen LogP contribution is 2.31. The number of nitrogens with one attached hydrogen (secondary N) is 1. The number of imide groups is 1. The van der Waals surface area contributed by atoms with E-state index in [0.717, 1.165) is 21.2 Å². The van der Waals surface area contributed by atoms with Crippen molar-refractivity contribution in [3.63, 3.8) is 0 Å². The zero-order valence-corrected chi connectivity index (χ0v) is 15.3. The number of fused-ring (bicyclic) bond motifs is 1. The lowest BCUT2D eigenvalue weighted by molar-refractivity contribution is -0.131. The van der Waals surface area contributed by atoms with Crippen molar-refractivity contribution in [2.24, 2.45) is 0 Å². The molecular weight excluding hydrogens is 359 g/mol. The number of carbonyl (C=O) groups excluding carboxylic acids is 2. The van der Waals surface area contributed by atoms with Gasteiger partial charge in [0.15, 0.2) is 0 Å². The molecule has 4 rings (SSSR count). The van der Waals surface area contributed by atoms with Crippen LogP contribution in [0.5, 0.6) is 5.75 Å².